The Morgan fingerprint density at radius 1 is 0.333 bits per heavy atom. The molecule has 0 saturated carbocycles. The summed E-state index contributed by atoms with van der Waals surface area (Å²) < 4.78 is 16.7. The van der Waals surface area contributed by atoms with E-state index in [1.54, 1.807) is 0 Å². The molecule has 63 heavy (non-hydrogen) atoms. The van der Waals surface area contributed by atoms with Gasteiger partial charge in [0.25, 0.3) is 0 Å². The number of esters is 3. The molecule has 6 nitrogen and oxygen atoms in total. The normalized spacial score (nSPS) is 12.6. The lowest BCUT2D eigenvalue weighted by Crippen LogP contribution is -2.30. The molecule has 0 bridgehead atoms. The van der Waals surface area contributed by atoms with Gasteiger partial charge in [0, 0.05) is 19.3 Å². The lowest BCUT2D eigenvalue weighted by atomic mass is 10.0. The van der Waals surface area contributed by atoms with Crippen LogP contribution >= 0.6 is 0 Å². The number of carbonyl (C=O) groups excluding carboxylic acids is 3. The summed E-state index contributed by atoms with van der Waals surface area (Å²) in [5.74, 6) is -0.969. The molecule has 0 aromatic carbocycles. The first-order valence-electron chi connectivity index (χ1n) is 26.4. The van der Waals surface area contributed by atoms with Gasteiger partial charge in [0.1, 0.15) is 13.2 Å². The predicted molar refractivity (Wildman–Crippen MR) is 270 cm³/mol. The lowest BCUT2D eigenvalue weighted by molar-refractivity contribution is -0.167. The topological polar surface area (TPSA) is 78.9 Å². The number of unbranched alkanes of at least 4 members (excludes halogenated alkanes) is 24. The Morgan fingerprint density at radius 3 is 1.06 bits per heavy atom. The number of hydrogen-bond donors (Lipinski definition) is 0. The SMILES string of the molecule is CC/C=C\C/C=C\C/C=C\C/C=C\C/C=C\CCCC(=O)OCC(COC(=O)CCCCC/C=C\CCCCCCCC)OC(=O)CCCCCCCCCCCCCCCCC. The molecule has 0 spiro atoms. The maximum Gasteiger partial charge on any atom is 0.306 e. The molecule has 0 rings (SSSR count). The summed E-state index contributed by atoms with van der Waals surface area (Å²) in [6.07, 6.45) is 64.6. The van der Waals surface area contributed by atoms with E-state index < -0.39 is 6.10 Å². The third kappa shape index (κ3) is 49.7. The van der Waals surface area contributed by atoms with Gasteiger partial charge >= 0.3 is 17.9 Å². The van der Waals surface area contributed by atoms with Crippen LogP contribution in [0.5, 0.6) is 0 Å². The first-order chi connectivity index (χ1) is 31.0. The van der Waals surface area contributed by atoms with E-state index >= 15 is 0 Å². The number of ether oxygens (including phenoxy) is 3. The van der Waals surface area contributed by atoms with E-state index in [9.17, 15) is 14.4 Å². The largest absolute Gasteiger partial charge is 0.462 e. The molecule has 0 amide bonds. The molecule has 0 radical (unpaired) electrons. The Morgan fingerprint density at radius 2 is 0.635 bits per heavy atom. The monoisotopic (exact) mass is 879 g/mol. The molecule has 0 aliphatic heterocycles. The number of hydrogen-bond acceptors (Lipinski definition) is 6. The number of allylic oxidation sites excluding steroid dienone is 12. The molecular formula is C57H98O6. The van der Waals surface area contributed by atoms with E-state index in [0.29, 0.717) is 19.3 Å². The Kier molecular flexibility index (Phi) is 48.9. The molecule has 0 aromatic heterocycles. The van der Waals surface area contributed by atoms with E-state index in [0.717, 1.165) is 89.9 Å². The second-order valence-corrected chi connectivity index (χ2v) is 17.4. The van der Waals surface area contributed by atoms with Crippen LogP contribution in [0.15, 0.2) is 72.9 Å². The Balaban J connectivity index is 4.48. The number of rotatable bonds is 47. The van der Waals surface area contributed by atoms with Crippen LogP contribution in [0.1, 0.15) is 252 Å². The Hall–Kier alpha value is -3.15. The first kappa shape index (κ1) is 59.9. The average Bonchev–Trinajstić information content (AvgIpc) is 3.28. The zero-order chi connectivity index (χ0) is 45.8. The smallest absolute Gasteiger partial charge is 0.306 e. The van der Waals surface area contributed by atoms with Crippen molar-refractivity contribution in [1.82, 2.24) is 0 Å². The second-order valence-electron chi connectivity index (χ2n) is 17.4. The molecule has 0 aliphatic rings. The van der Waals surface area contributed by atoms with Crippen molar-refractivity contribution in [3.05, 3.63) is 72.9 Å². The van der Waals surface area contributed by atoms with Crippen molar-refractivity contribution < 1.29 is 28.6 Å². The van der Waals surface area contributed by atoms with Crippen molar-refractivity contribution in [2.45, 2.75) is 258 Å². The molecule has 0 fully saturated rings. The maximum absolute atomic E-state index is 12.8. The fourth-order valence-corrected chi connectivity index (χ4v) is 7.24. The molecule has 6 heteroatoms. The highest BCUT2D eigenvalue weighted by Gasteiger charge is 2.19. The fraction of sp³-hybridized carbons (Fsp3) is 0.737. The molecule has 0 aromatic rings. The molecule has 0 N–H and O–H groups in total. The Labute approximate surface area is 389 Å². The summed E-state index contributed by atoms with van der Waals surface area (Å²) in [6, 6.07) is 0. The summed E-state index contributed by atoms with van der Waals surface area (Å²) >= 11 is 0. The molecule has 0 saturated heterocycles. The van der Waals surface area contributed by atoms with Crippen molar-refractivity contribution in [2.24, 2.45) is 0 Å². The van der Waals surface area contributed by atoms with Crippen molar-refractivity contribution in [1.29, 1.82) is 0 Å². The molecule has 362 valence electrons. The van der Waals surface area contributed by atoms with Gasteiger partial charge in [0.15, 0.2) is 6.10 Å². The summed E-state index contributed by atoms with van der Waals surface area (Å²) in [7, 11) is 0. The summed E-state index contributed by atoms with van der Waals surface area (Å²) in [6.45, 7) is 6.46. The second kappa shape index (κ2) is 51.5. The Bertz CT molecular complexity index is 1190. The maximum atomic E-state index is 12.8. The van der Waals surface area contributed by atoms with E-state index in [4.69, 9.17) is 14.2 Å². The zero-order valence-corrected chi connectivity index (χ0v) is 41.3. The molecule has 0 heterocycles. The van der Waals surface area contributed by atoms with Crippen LogP contribution in [0.3, 0.4) is 0 Å². The predicted octanol–water partition coefficient (Wildman–Crippen LogP) is 17.4. The summed E-state index contributed by atoms with van der Waals surface area (Å²) in [4.78, 5) is 38.0. The van der Waals surface area contributed by atoms with E-state index in [2.05, 4.69) is 93.7 Å². The van der Waals surface area contributed by atoms with Crippen LogP contribution in [0.2, 0.25) is 0 Å². The van der Waals surface area contributed by atoms with E-state index in [1.807, 2.05) is 0 Å². The summed E-state index contributed by atoms with van der Waals surface area (Å²) in [5, 5.41) is 0. The van der Waals surface area contributed by atoms with Crippen LogP contribution < -0.4 is 0 Å². The van der Waals surface area contributed by atoms with Crippen molar-refractivity contribution >= 4 is 17.9 Å². The van der Waals surface area contributed by atoms with Crippen LogP contribution in [-0.2, 0) is 28.6 Å². The first-order valence-corrected chi connectivity index (χ1v) is 26.4. The van der Waals surface area contributed by atoms with Gasteiger partial charge < -0.3 is 14.2 Å². The van der Waals surface area contributed by atoms with Gasteiger partial charge in [-0.25, -0.2) is 0 Å². The van der Waals surface area contributed by atoms with Crippen molar-refractivity contribution in [3.63, 3.8) is 0 Å². The third-order valence-electron chi connectivity index (χ3n) is 11.2. The van der Waals surface area contributed by atoms with Crippen LogP contribution in [0.25, 0.3) is 0 Å². The zero-order valence-electron chi connectivity index (χ0n) is 41.3. The highest BCUT2D eigenvalue weighted by Crippen LogP contribution is 2.15. The quantitative estimate of drug-likeness (QED) is 0.0262. The van der Waals surface area contributed by atoms with E-state index in [-0.39, 0.29) is 37.5 Å². The average molecular weight is 879 g/mol. The van der Waals surface area contributed by atoms with Crippen LogP contribution in [-0.4, -0.2) is 37.2 Å². The van der Waals surface area contributed by atoms with Crippen LogP contribution in [0.4, 0.5) is 0 Å². The van der Waals surface area contributed by atoms with Crippen molar-refractivity contribution in [2.75, 3.05) is 13.2 Å². The number of carbonyl (C=O) groups is 3. The lowest BCUT2D eigenvalue weighted by Gasteiger charge is -2.18. The van der Waals surface area contributed by atoms with Gasteiger partial charge in [0.05, 0.1) is 0 Å². The standard InChI is InChI=1S/C57H98O6/c1-4-7-10-13-16-19-22-25-27-28-30-32-35-38-41-44-47-50-56(59)62-53-54(52-61-55(58)49-46-43-40-37-34-31-24-21-18-15-12-9-6-3)63-57(60)51-48-45-42-39-36-33-29-26-23-20-17-14-11-8-5-2/h7,10,16,19,25,27,30-32,34,38,41,54H,4-6,8-9,11-15,17-18,20-24,26,28-29,33,35-37,39-40,42-53H2,1-3H3/b10-7-,19-16-,27-25-,32-30-,34-31-,41-38-. The molecular weight excluding hydrogens is 781 g/mol. The molecule has 1 unspecified atom stereocenters. The highest BCUT2D eigenvalue weighted by molar-refractivity contribution is 5.71. The minimum atomic E-state index is -0.801. The minimum Gasteiger partial charge on any atom is -0.462 e. The van der Waals surface area contributed by atoms with E-state index in [1.165, 1.54) is 116 Å². The fourth-order valence-electron chi connectivity index (χ4n) is 7.24. The van der Waals surface area contributed by atoms with Crippen molar-refractivity contribution in [3.8, 4) is 0 Å². The van der Waals surface area contributed by atoms with Gasteiger partial charge in [-0.1, -0.05) is 222 Å². The van der Waals surface area contributed by atoms with Gasteiger partial charge in [-0.3, -0.25) is 14.4 Å². The minimum absolute atomic E-state index is 0.0993. The van der Waals surface area contributed by atoms with Gasteiger partial charge in [-0.05, 0) is 83.5 Å². The van der Waals surface area contributed by atoms with Crippen LogP contribution in [0, 0.1) is 0 Å². The highest BCUT2D eigenvalue weighted by atomic mass is 16.6. The molecule has 0 aliphatic carbocycles. The van der Waals surface area contributed by atoms with Gasteiger partial charge in [0.2, 0.25) is 0 Å². The van der Waals surface area contributed by atoms with Gasteiger partial charge in [-0.15, -0.1) is 0 Å². The third-order valence-corrected chi connectivity index (χ3v) is 11.2. The van der Waals surface area contributed by atoms with Gasteiger partial charge in [-0.2, -0.15) is 0 Å². The molecule has 1 atom stereocenters. The summed E-state index contributed by atoms with van der Waals surface area (Å²) in [5.41, 5.74) is 0.